The first-order chi connectivity index (χ1) is 11.2. The Morgan fingerprint density at radius 1 is 1.08 bits per heavy atom. The number of rotatable bonds is 0. The fraction of sp³-hybridized carbons (Fsp3) is 0.278. The third-order valence-electron chi connectivity index (χ3n) is 4.35. The number of carbonyl (C=O) groups is 1. The second-order valence-corrected chi connectivity index (χ2v) is 7.82. The molecule has 6 heteroatoms. The van der Waals surface area contributed by atoms with Crippen molar-refractivity contribution in [2.45, 2.75) is 26.7 Å². The van der Waals surface area contributed by atoms with Crippen LogP contribution in [0.15, 0.2) is 27.4 Å². The topological polar surface area (TPSA) is 60.2 Å². The Kier molecular flexibility index (Phi) is 3.28. The van der Waals surface area contributed by atoms with Crippen molar-refractivity contribution >= 4 is 51.1 Å². The second-order valence-electron chi connectivity index (χ2n) is 6.97. The number of halogens is 2. The van der Waals surface area contributed by atoms with Gasteiger partial charge in [0.25, 0.3) is 0 Å². The first-order valence-electron chi connectivity index (χ1n) is 7.54. The molecule has 0 unspecified atom stereocenters. The number of pyridine rings is 1. The number of carbonyl (C=O) groups excluding carboxylic acids is 1. The molecule has 2 aromatic heterocycles. The molecule has 4 nitrogen and oxygen atoms in total. The molecule has 3 aromatic rings. The van der Waals surface area contributed by atoms with E-state index in [4.69, 9.17) is 27.6 Å². The van der Waals surface area contributed by atoms with Gasteiger partial charge in [-0.25, -0.2) is 4.98 Å². The maximum Gasteiger partial charge on any atom is 0.230 e. The molecular formula is C18H13Cl2NO3. The van der Waals surface area contributed by atoms with Crippen LogP contribution >= 0.6 is 23.2 Å². The van der Waals surface area contributed by atoms with Crippen molar-refractivity contribution in [2.24, 2.45) is 5.41 Å². The predicted octanol–water partition coefficient (Wildman–Crippen LogP) is 4.80. The van der Waals surface area contributed by atoms with Gasteiger partial charge in [0, 0.05) is 17.0 Å². The van der Waals surface area contributed by atoms with Crippen molar-refractivity contribution in [1.29, 1.82) is 0 Å². The molecule has 4 rings (SSSR count). The van der Waals surface area contributed by atoms with Crippen molar-refractivity contribution in [3.8, 4) is 0 Å². The van der Waals surface area contributed by atoms with Gasteiger partial charge in [0.05, 0.1) is 21.5 Å². The van der Waals surface area contributed by atoms with E-state index in [0.29, 0.717) is 29.1 Å². The first-order valence-corrected chi connectivity index (χ1v) is 8.29. The molecule has 2 heterocycles. The van der Waals surface area contributed by atoms with Gasteiger partial charge in [0.2, 0.25) is 11.1 Å². The summed E-state index contributed by atoms with van der Waals surface area (Å²) in [6, 6.07) is 4.62. The van der Waals surface area contributed by atoms with Crippen LogP contribution in [-0.2, 0) is 6.42 Å². The molecule has 1 aromatic carbocycles. The highest BCUT2D eigenvalue weighted by Crippen LogP contribution is 2.35. The molecular weight excluding hydrogens is 349 g/mol. The molecule has 0 aliphatic heterocycles. The summed E-state index contributed by atoms with van der Waals surface area (Å²) in [5, 5.41) is 1.16. The molecule has 0 saturated carbocycles. The molecule has 0 radical (unpaired) electrons. The Bertz CT molecular complexity index is 1100. The Morgan fingerprint density at radius 3 is 2.58 bits per heavy atom. The highest BCUT2D eigenvalue weighted by molar-refractivity contribution is 6.38. The molecule has 0 amide bonds. The van der Waals surface area contributed by atoms with E-state index in [1.807, 2.05) is 13.8 Å². The van der Waals surface area contributed by atoms with E-state index >= 15 is 0 Å². The summed E-state index contributed by atoms with van der Waals surface area (Å²) in [6.45, 7) is 4.05. The minimum absolute atomic E-state index is 0.000673. The summed E-state index contributed by atoms with van der Waals surface area (Å²) in [5.74, 6) is -0.000673. The maximum absolute atomic E-state index is 12.8. The molecule has 0 N–H and O–H groups in total. The lowest BCUT2D eigenvalue weighted by molar-refractivity contribution is 0.0910. The van der Waals surface area contributed by atoms with Crippen LogP contribution in [0.2, 0.25) is 10.0 Å². The van der Waals surface area contributed by atoms with Gasteiger partial charge in [-0.15, -0.1) is 0 Å². The summed E-state index contributed by atoms with van der Waals surface area (Å²) >= 11 is 12.1. The van der Waals surface area contributed by atoms with E-state index in [0.717, 1.165) is 0 Å². The highest BCUT2D eigenvalue weighted by Gasteiger charge is 2.32. The van der Waals surface area contributed by atoms with E-state index in [2.05, 4.69) is 4.98 Å². The summed E-state index contributed by atoms with van der Waals surface area (Å²) in [4.78, 5) is 29.7. The Labute approximate surface area is 147 Å². The van der Waals surface area contributed by atoms with Crippen LogP contribution in [0.25, 0.3) is 22.1 Å². The van der Waals surface area contributed by atoms with Gasteiger partial charge in [0.1, 0.15) is 0 Å². The van der Waals surface area contributed by atoms with Crippen molar-refractivity contribution in [3.05, 3.63) is 49.7 Å². The molecule has 0 fully saturated rings. The van der Waals surface area contributed by atoms with Crippen molar-refractivity contribution in [1.82, 2.24) is 4.98 Å². The average molecular weight is 362 g/mol. The number of Topliss-reactive ketones (excluding diaryl/α,β-unsaturated/α-hetero) is 1. The third kappa shape index (κ3) is 2.33. The first kappa shape index (κ1) is 15.6. The number of nitrogens with zero attached hydrogens (tertiary/aromatic N) is 1. The monoisotopic (exact) mass is 361 g/mol. The lowest BCUT2D eigenvalue weighted by atomic mass is 9.75. The molecule has 122 valence electrons. The standard InChI is InChI=1S/C18H13Cl2NO3/c1-18(2)6-13-9(14(22)7-18)5-11-15(23)10-3-8(19)4-12(20)16(10)24-17(11)21-13/h3-5H,6-7H2,1-2H3. The molecule has 0 saturated heterocycles. The number of hydrogen-bond donors (Lipinski definition) is 0. The van der Waals surface area contributed by atoms with Crippen LogP contribution in [0.4, 0.5) is 0 Å². The molecule has 24 heavy (non-hydrogen) atoms. The lowest BCUT2D eigenvalue weighted by Gasteiger charge is -2.29. The molecule has 0 atom stereocenters. The van der Waals surface area contributed by atoms with Gasteiger partial charge in [-0.05, 0) is 30.0 Å². The zero-order valence-corrected chi connectivity index (χ0v) is 14.6. The molecule has 1 aliphatic carbocycles. The number of ketones is 1. The largest absolute Gasteiger partial charge is 0.436 e. The van der Waals surface area contributed by atoms with E-state index in [9.17, 15) is 9.59 Å². The minimum Gasteiger partial charge on any atom is -0.436 e. The van der Waals surface area contributed by atoms with Crippen LogP contribution in [0, 0.1) is 5.41 Å². The summed E-state index contributed by atoms with van der Waals surface area (Å²) in [5.41, 5.74) is 1.17. The van der Waals surface area contributed by atoms with Gasteiger partial charge in [-0.2, -0.15) is 0 Å². The SMILES string of the molecule is CC1(C)CC(=O)c2cc3c(=O)c4cc(Cl)cc(Cl)c4oc3nc2C1. The third-order valence-corrected chi connectivity index (χ3v) is 4.85. The Morgan fingerprint density at radius 2 is 1.83 bits per heavy atom. The van der Waals surface area contributed by atoms with Crippen molar-refractivity contribution in [2.75, 3.05) is 0 Å². The minimum atomic E-state index is -0.288. The summed E-state index contributed by atoms with van der Waals surface area (Å²) in [6.07, 6.45) is 1.09. The molecule has 1 aliphatic rings. The number of benzene rings is 1. The van der Waals surface area contributed by atoms with Gasteiger partial charge in [-0.3, -0.25) is 9.59 Å². The van der Waals surface area contributed by atoms with Crippen LogP contribution in [0.5, 0.6) is 0 Å². The smallest absolute Gasteiger partial charge is 0.230 e. The number of aromatic nitrogens is 1. The fourth-order valence-corrected chi connectivity index (χ4v) is 3.80. The molecule has 0 bridgehead atoms. The van der Waals surface area contributed by atoms with Crippen molar-refractivity contribution < 1.29 is 9.21 Å². The van der Waals surface area contributed by atoms with E-state index < -0.39 is 0 Å². The van der Waals surface area contributed by atoms with Crippen LogP contribution in [-0.4, -0.2) is 10.8 Å². The van der Waals surface area contributed by atoms with Crippen LogP contribution in [0.3, 0.4) is 0 Å². The Hall–Kier alpha value is -1.91. The zero-order valence-electron chi connectivity index (χ0n) is 13.1. The Balaban J connectivity index is 2.11. The molecule has 0 spiro atoms. The fourth-order valence-electron chi connectivity index (χ4n) is 3.27. The van der Waals surface area contributed by atoms with Crippen LogP contribution in [0.1, 0.15) is 36.3 Å². The average Bonchev–Trinajstić information content (AvgIpc) is 2.46. The predicted molar refractivity (Wildman–Crippen MR) is 94.2 cm³/mol. The van der Waals surface area contributed by atoms with Gasteiger partial charge in [-0.1, -0.05) is 37.0 Å². The zero-order chi connectivity index (χ0) is 17.2. The summed E-state index contributed by atoms with van der Waals surface area (Å²) in [7, 11) is 0. The van der Waals surface area contributed by atoms with Gasteiger partial charge < -0.3 is 4.42 Å². The second kappa shape index (κ2) is 5.04. The van der Waals surface area contributed by atoms with Gasteiger partial charge >= 0.3 is 0 Å². The highest BCUT2D eigenvalue weighted by atomic mass is 35.5. The van der Waals surface area contributed by atoms with Gasteiger partial charge in [0.15, 0.2) is 11.4 Å². The quantitative estimate of drug-likeness (QED) is 0.539. The maximum atomic E-state index is 12.8. The van der Waals surface area contributed by atoms with E-state index in [1.54, 1.807) is 6.07 Å². The number of fused-ring (bicyclic) bond motifs is 3. The lowest BCUT2D eigenvalue weighted by Crippen LogP contribution is -2.28. The van der Waals surface area contributed by atoms with Crippen LogP contribution < -0.4 is 5.43 Å². The van der Waals surface area contributed by atoms with Crippen molar-refractivity contribution in [3.63, 3.8) is 0 Å². The normalized spacial score (nSPS) is 16.6. The summed E-state index contributed by atoms with van der Waals surface area (Å²) < 4.78 is 5.77. The van der Waals surface area contributed by atoms with E-state index in [1.165, 1.54) is 12.1 Å². The van der Waals surface area contributed by atoms with E-state index in [-0.39, 0.29) is 43.7 Å². The number of hydrogen-bond acceptors (Lipinski definition) is 4.